The highest BCUT2D eigenvalue weighted by Crippen LogP contribution is 2.23. The van der Waals surface area contributed by atoms with E-state index in [4.69, 9.17) is 0 Å². The van der Waals surface area contributed by atoms with Gasteiger partial charge in [-0.15, -0.1) is 11.3 Å². The summed E-state index contributed by atoms with van der Waals surface area (Å²) in [4.78, 5) is 23.0. The van der Waals surface area contributed by atoms with E-state index in [2.05, 4.69) is 15.3 Å². The highest BCUT2D eigenvalue weighted by molar-refractivity contribution is 7.11. The Hall–Kier alpha value is -1.95. The van der Waals surface area contributed by atoms with Crippen LogP contribution < -0.4 is 5.32 Å². The van der Waals surface area contributed by atoms with Crippen LogP contribution in [-0.4, -0.2) is 34.9 Å². The number of amides is 1. The van der Waals surface area contributed by atoms with E-state index in [1.54, 1.807) is 37.7 Å². The van der Waals surface area contributed by atoms with Crippen LogP contribution >= 0.6 is 11.3 Å². The standard InChI is InChI=1S/C14H18N4OS/c1-9-8-16-13(20-9)10(2)17-11-5-6-15-12(7-11)14(19)18(3)4/h5-8,10H,1-4H3,(H,15,17). The topological polar surface area (TPSA) is 58.1 Å². The molecule has 0 aliphatic carbocycles. The molecule has 6 heteroatoms. The molecule has 1 unspecified atom stereocenters. The van der Waals surface area contributed by atoms with E-state index in [0.29, 0.717) is 5.69 Å². The molecule has 0 fully saturated rings. The number of hydrogen-bond donors (Lipinski definition) is 1. The Morgan fingerprint density at radius 1 is 1.40 bits per heavy atom. The summed E-state index contributed by atoms with van der Waals surface area (Å²) in [5, 5.41) is 4.37. The van der Waals surface area contributed by atoms with Crippen molar-refractivity contribution in [3.05, 3.63) is 40.1 Å². The second kappa shape index (κ2) is 6.00. The lowest BCUT2D eigenvalue weighted by Crippen LogP contribution is -2.22. The predicted octanol–water partition coefficient (Wildman–Crippen LogP) is 2.72. The number of anilines is 1. The summed E-state index contributed by atoms with van der Waals surface area (Å²) in [6.45, 7) is 4.08. The molecular formula is C14H18N4OS. The van der Waals surface area contributed by atoms with Crippen molar-refractivity contribution in [3.8, 4) is 0 Å². The largest absolute Gasteiger partial charge is 0.376 e. The predicted molar refractivity (Wildman–Crippen MR) is 81.1 cm³/mol. The van der Waals surface area contributed by atoms with Crippen LogP contribution in [0.4, 0.5) is 5.69 Å². The summed E-state index contributed by atoms with van der Waals surface area (Å²) in [7, 11) is 3.43. The third-order valence-electron chi connectivity index (χ3n) is 2.78. The van der Waals surface area contributed by atoms with Crippen molar-refractivity contribution in [2.45, 2.75) is 19.9 Å². The van der Waals surface area contributed by atoms with E-state index in [9.17, 15) is 4.79 Å². The first-order valence-electron chi connectivity index (χ1n) is 6.34. The number of pyridine rings is 1. The smallest absolute Gasteiger partial charge is 0.272 e. The monoisotopic (exact) mass is 290 g/mol. The first-order chi connectivity index (χ1) is 9.47. The molecule has 0 saturated heterocycles. The third kappa shape index (κ3) is 3.33. The van der Waals surface area contributed by atoms with Crippen molar-refractivity contribution in [3.63, 3.8) is 0 Å². The van der Waals surface area contributed by atoms with Crippen molar-refractivity contribution in [1.29, 1.82) is 0 Å². The molecule has 2 heterocycles. The van der Waals surface area contributed by atoms with Gasteiger partial charge in [-0.3, -0.25) is 9.78 Å². The minimum Gasteiger partial charge on any atom is -0.376 e. The van der Waals surface area contributed by atoms with Crippen molar-refractivity contribution in [2.24, 2.45) is 0 Å². The van der Waals surface area contributed by atoms with E-state index in [1.165, 1.54) is 9.78 Å². The van der Waals surface area contributed by atoms with Gasteiger partial charge in [0, 0.05) is 37.1 Å². The number of hydrogen-bond acceptors (Lipinski definition) is 5. The molecule has 0 saturated carbocycles. The lowest BCUT2D eigenvalue weighted by molar-refractivity contribution is 0.0822. The second-order valence-electron chi connectivity index (χ2n) is 4.80. The molecule has 0 spiro atoms. The number of aromatic nitrogens is 2. The fourth-order valence-electron chi connectivity index (χ4n) is 1.75. The van der Waals surface area contributed by atoms with E-state index < -0.39 is 0 Å². The minimum absolute atomic E-state index is 0.0957. The molecule has 0 radical (unpaired) electrons. The molecule has 1 amide bonds. The van der Waals surface area contributed by atoms with Gasteiger partial charge in [-0.05, 0) is 26.0 Å². The van der Waals surface area contributed by atoms with Gasteiger partial charge in [0.25, 0.3) is 5.91 Å². The summed E-state index contributed by atoms with van der Waals surface area (Å²) >= 11 is 1.67. The molecule has 0 aliphatic rings. The number of carbonyl (C=O) groups is 1. The average Bonchev–Trinajstić information content (AvgIpc) is 2.85. The normalized spacial score (nSPS) is 12.0. The van der Waals surface area contributed by atoms with Crippen LogP contribution in [0.25, 0.3) is 0 Å². The second-order valence-corrected chi connectivity index (χ2v) is 6.07. The molecule has 20 heavy (non-hydrogen) atoms. The average molecular weight is 290 g/mol. The maximum Gasteiger partial charge on any atom is 0.272 e. The van der Waals surface area contributed by atoms with Crippen LogP contribution in [0.5, 0.6) is 0 Å². The van der Waals surface area contributed by atoms with Gasteiger partial charge in [0.05, 0.1) is 6.04 Å². The molecule has 106 valence electrons. The van der Waals surface area contributed by atoms with Gasteiger partial charge < -0.3 is 10.2 Å². The lowest BCUT2D eigenvalue weighted by atomic mass is 10.2. The SMILES string of the molecule is Cc1cnc(C(C)Nc2ccnc(C(=O)N(C)C)c2)s1. The molecule has 5 nitrogen and oxygen atoms in total. The highest BCUT2D eigenvalue weighted by atomic mass is 32.1. The molecule has 0 aromatic carbocycles. The van der Waals surface area contributed by atoms with Gasteiger partial charge in [0.1, 0.15) is 10.7 Å². The van der Waals surface area contributed by atoms with Crippen molar-refractivity contribution < 1.29 is 4.79 Å². The summed E-state index contributed by atoms with van der Waals surface area (Å²) < 4.78 is 0. The zero-order valence-corrected chi connectivity index (χ0v) is 12.9. The molecular weight excluding hydrogens is 272 g/mol. The van der Waals surface area contributed by atoms with E-state index in [-0.39, 0.29) is 11.9 Å². The number of thiazole rings is 1. The Morgan fingerprint density at radius 3 is 2.75 bits per heavy atom. The summed E-state index contributed by atoms with van der Waals surface area (Å²) in [6.07, 6.45) is 3.50. The Bertz CT molecular complexity index is 609. The van der Waals surface area contributed by atoms with Crippen LogP contribution in [0.2, 0.25) is 0 Å². The first-order valence-corrected chi connectivity index (χ1v) is 7.15. The van der Waals surface area contributed by atoms with Crippen LogP contribution in [0.15, 0.2) is 24.5 Å². The number of aryl methyl sites for hydroxylation is 1. The highest BCUT2D eigenvalue weighted by Gasteiger charge is 2.12. The van der Waals surface area contributed by atoms with Crippen molar-refractivity contribution >= 4 is 22.9 Å². The Labute approximate surface area is 122 Å². The quantitative estimate of drug-likeness (QED) is 0.940. The van der Waals surface area contributed by atoms with E-state index in [0.717, 1.165) is 10.7 Å². The molecule has 1 N–H and O–H groups in total. The number of nitrogens with one attached hydrogen (secondary N) is 1. The molecule has 1 atom stereocenters. The lowest BCUT2D eigenvalue weighted by Gasteiger charge is -2.14. The zero-order chi connectivity index (χ0) is 14.7. The van der Waals surface area contributed by atoms with Gasteiger partial charge in [-0.25, -0.2) is 4.98 Å². The summed E-state index contributed by atoms with van der Waals surface area (Å²) in [6, 6.07) is 3.71. The molecule has 2 aromatic heterocycles. The van der Waals surface area contributed by atoms with Crippen LogP contribution in [0, 0.1) is 6.92 Å². The first kappa shape index (κ1) is 14.5. The number of rotatable bonds is 4. The van der Waals surface area contributed by atoms with Crippen LogP contribution in [0.3, 0.4) is 0 Å². The Balaban J connectivity index is 2.14. The fourth-order valence-corrected chi connectivity index (χ4v) is 2.53. The van der Waals surface area contributed by atoms with Gasteiger partial charge in [-0.2, -0.15) is 0 Å². The van der Waals surface area contributed by atoms with Gasteiger partial charge in [0.2, 0.25) is 0 Å². The summed E-state index contributed by atoms with van der Waals surface area (Å²) in [5.41, 5.74) is 1.30. The Kier molecular flexibility index (Phi) is 4.34. The van der Waals surface area contributed by atoms with Gasteiger partial charge >= 0.3 is 0 Å². The van der Waals surface area contributed by atoms with Crippen LogP contribution in [-0.2, 0) is 0 Å². The molecule has 0 aliphatic heterocycles. The van der Waals surface area contributed by atoms with Gasteiger partial charge in [-0.1, -0.05) is 0 Å². The van der Waals surface area contributed by atoms with Crippen LogP contribution in [0.1, 0.15) is 33.3 Å². The molecule has 0 bridgehead atoms. The third-order valence-corrected chi connectivity index (χ3v) is 3.87. The zero-order valence-electron chi connectivity index (χ0n) is 12.0. The number of nitrogens with zero attached hydrogens (tertiary/aromatic N) is 3. The van der Waals surface area contributed by atoms with Gasteiger partial charge in [0.15, 0.2) is 0 Å². The van der Waals surface area contributed by atoms with E-state index >= 15 is 0 Å². The van der Waals surface area contributed by atoms with Crippen molar-refractivity contribution in [2.75, 3.05) is 19.4 Å². The fraction of sp³-hybridized carbons (Fsp3) is 0.357. The summed E-state index contributed by atoms with van der Waals surface area (Å²) in [5.74, 6) is -0.105. The minimum atomic E-state index is -0.105. The molecule has 2 aromatic rings. The molecule has 2 rings (SSSR count). The Morgan fingerprint density at radius 2 is 2.15 bits per heavy atom. The number of carbonyl (C=O) groups excluding carboxylic acids is 1. The maximum absolute atomic E-state index is 11.9. The van der Waals surface area contributed by atoms with E-state index in [1.807, 2.05) is 26.1 Å². The maximum atomic E-state index is 11.9. The van der Waals surface area contributed by atoms with Crippen molar-refractivity contribution in [1.82, 2.24) is 14.9 Å².